The molecule has 0 unspecified atom stereocenters. The molecule has 4 rings (SSSR count). The fourth-order valence-electron chi connectivity index (χ4n) is 5.60. The Hall–Kier alpha value is -1.36. The average molecular weight is 316 g/mol. The Morgan fingerprint density at radius 3 is 2.96 bits per heavy atom. The Bertz CT molecular complexity index is 612. The maximum atomic E-state index is 13.1. The van der Waals surface area contributed by atoms with Crippen molar-refractivity contribution in [2.24, 2.45) is 5.41 Å². The number of likely N-dealkylation sites (tertiary alicyclic amines) is 2. The van der Waals surface area contributed by atoms with Crippen LogP contribution >= 0.6 is 0 Å². The lowest BCUT2D eigenvalue weighted by Crippen LogP contribution is -2.58. The van der Waals surface area contributed by atoms with Crippen molar-refractivity contribution in [1.82, 2.24) is 19.4 Å². The molecule has 1 amide bonds. The molecule has 1 aromatic rings. The molecular formula is C18H28N4O. The minimum atomic E-state index is 0.273. The molecule has 1 aromatic heterocycles. The molecule has 3 aliphatic rings. The van der Waals surface area contributed by atoms with Gasteiger partial charge in [0.25, 0.3) is 0 Å². The van der Waals surface area contributed by atoms with E-state index in [9.17, 15) is 4.79 Å². The molecular weight excluding hydrogens is 288 g/mol. The van der Waals surface area contributed by atoms with Crippen LogP contribution in [0.5, 0.6) is 0 Å². The predicted octanol–water partition coefficient (Wildman–Crippen LogP) is 1.92. The summed E-state index contributed by atoms with van der Waals surface area (Å²) in [7, 11) is 2.27. The molecule has 2 saturated heterocycles. The Labute approximate surface area is 138 Å². The van der Waals surface area contributed by atoms with Crippen LogP contribution in [0.3, 0.4) is 0 Å². The van der Waals surface area contributed by atoms with E-state index in [1.165, 1.54) is 25.7 Å². The number of carbonyl (C=O) groups excluding carboxylic acids is 1. The average Bonchev–Trinajstić information content (AvgIpc) is 3.07. The van der Waals surface area contributed by atoms with E-state index in [0.717, 1.165) is 18.8 Å². The van der Waals surface area contributed by atoms with Gasteiger partial charge in [0.2, 0.25) is 5.91 Å². The summed E-state index contributed by atoms with van der Waals surface area (Å²) in [6.45, 7) is 5.86. The Morgan fingerprint density at radius 1 is 1.39 bits per heavy atom. The van der Waals surface area contributed by atoms with Crippen LogP contribution in [-0.2, 0) is 17.8 Å². The Morgan fingerprint density at radius 2 is 2.17 bits per heavy atom. The van der Waals surface area contributed by atoms with Crippen LogP contribution in [0.2, 0.25) is 0 Å². The number of carbonyl (C=O) groups is 1. The van der Waals surface area contributed by atoms with Gasteiger partial charge in [-0.1, -0.05) is 13.8 Å². The van der Waals surface area contributed by atoms with Gasteiger partial charge in [-0.3, -0.25) is 9.69 Å². The third-order valence-electron chi connectivity index (χ3n) is 6.75. The zero-order valence-electron chi connectivity index (χ0n) is 14.5. The SMILES string of the molecule is CCc1nccn1CC(=O)N1C[C@@H]2C[C@@]3(C)[C@H](CCC[C@@H]13)N2C. The van der Waals surface area contributed by atoms with Crippen molar-refractivity contribution in [2.45, 2.75) is 70.6 Å². The topological polar surface area (TPSA) is 41.4 Å². The van der Waals surface area contributed by atoms with Gasteiger partial charge >= 0.3 is 0 Å². The van der Waals surface area contributed by atoms with Crippen LogP contribution in [0.25, 0.3) is 0 Å². The second-order valence-corrected chi connectivity index (χ2v) is 7.86. The maximum Gasteiger partial charge on any atom is 0.242 e. The third-order valence-corrected chi connectivity index (χ3v) is 6.75. The highest BCUT2D eigenvalue weighted by molar-refractivity contribution is 5.77. The molecule has 3 fully saturated rings. The van der Waals surface area contributed by atoms with E-state index in [4.69, 9.17) is 0 Å². The normalized spacial score (nSPS) is 36.5. The fourth-order valence-corrected chi connectivity index (χ4v) is 5.60. The summed E-state index contributed by atoms with van der Waals surface area (Å²) >= 11 is 0. The number of piperidine rings is 1. The second kappa shape index (κ2) is 5.33. The number of hydrogen-bond donors (Lipinski definition) is 0. The van der Waals surface area contributed by atoms with Crippen molar-refractivity contribution in [3.63, 3.8) is 0 Å². The van der Waals surface area contributed by atoms with E-state index in [1.807, 2.05) is 10.8 Å². The van der Waals surface area contributed by atoms with Crippen molar-refractivity contribution in [3.8, 4) is 0 Å². The molecule has 4 atom stereocenters. The maximum absolute atomic E-state index is 13.1. The van der Waals surface area contributed by atoms with E-state index in [2.05, 4.69) is 35.7 Å². The highest BCUT2D eigenvalue weighted by atomic mass is 16.2. The molecule has 126 valence electrons. The minimum absolute atomic E-state index is 0.273. The first-order chi connectivity index (χ1) is 11.0. The van der Waals surface area contributed by atoms with Crippen LogP contribution in [0.1, 0.15) is 45.4 Å². The number of nitrogens with zero attached hydrogens (tertiary/aromatic N) is 4. The number of amides is 1. The number of aromatic nitrogens is 2. The molecule has 1 saturated carbocycles. The van der Waals surface area contributed by atoms with Gasteiger partial charge in [0.1, 0.15) is 12.4 Å². The van der Waals surface area contributed by atoms with E-state index in [1.54, 1.807) is 6.20 Å². The van der Waals surface area contributed by atoms with Gasteiger partial charge in [-0.2, -0.15) is 0 Å². The van der Waals surface area contributed by atoms with Gasteiger partial charge < -0.3 is 9.47 Å². The molecule has 23 heavy (non-hydrogen) atoms. The van der Waals surface area contributed by atoms with Gasteiger partial charge in [0.15, 0.2) is 0 Å². The lowest BCUT2D eigenvalue weighted by molar-refractivity contribution is -0.140. The number of fused-ring (bicyclic) bond motifs is 1. The molecule has 0 spiro atoms. The van der Waals surface area contributed by atoms with Gasteiger partial charge in [-0.15, -0.1) is 0 Å². The Balaban J connectivity index is 1.58. The molecule has 0 radical (unpaired) electrons. The molecule has 2 bridgehead atoms. The summed E-state index contributed by atoms with van der Waals surface area (Å²) in [6, 6.07) is 1.61. The van der Waals surface area contributed by atoms with Crippen LogP contribution in [-0.4, -0.2) is 57.0 Å². The summed E-state index contributed by atoms with van der Waals surface area (Å²) in [5.74, 6) is 1.28. The largest absolute Gasteiger partial charge is 0.336 e. The van der Waals surface area contributed by atoms with Crippen molar-refractivity contribution >= 4 is 5.91 Å². The molecule has 5 nitrogen and oxygen atoms in total. The number of likely N-dealkylation sites (N-methyl/N-ethyl adjacent to an activating group) is 1. The fraction of sp³-hybridized carbons (Fsp3) is 0.778. The summed E-state index contributed by atoms with van der Waals surface area (Å²) in [6.07, 6.45) is 9.58. The zero-order valence-corrected chi connectivity index (χ0v) is 14.5. The van der Waals surface area contributed by atoms with Gasteiger partial charge in [0, 0.05) is 48.9 Å². The highest BCUT2D eigenvalue weighted by Crippen LogP contribution is 2.53. The number of aryl methyl sites for hydroxylation is 1. The third kappa shape index (κ3) is 2.16. The number of rotatable bonds is 3. The first-order valence-corrected chi connectivity index (χ1v) is 9.06. The van der Waals surface area contributed by atoms with Crippen LogP contribution in [0.15, 0.2) is 12.4 Å². The van der Waals surface area contributed by atoms with E-state index in [0.29, 0.717) is 24.7 Å². The zero-order chi connectivity index (χ0) is 16.2. The van der Waals surface area contributed by atoms with Crippen LogP contribution in [0, 0.1) is 5.41 Å². The van der Waals surface area contributed by atoms with E-state index < -0.39 is 0 Å². The monoisotopic (exact) mass is 316 g/mol. The van der Waals surface area contributed by atoms with Gasteiger partial charge in [-0.25, -0.2) is 4.98 Å². The molecule has 2 aliphatic heterocycles. The van der Waals surface area contributed by atoms with Crippen molar-refractivity contribution in [2.75, 3.05) is 13.6 Å². The van der Waals surface area contributed by atoms with E-state index in [-0.39, 0.29) is 11.3 Å². The summed E-state index contributed by atoms with van der Waals surface area (Å²) in [4.78, 5) is 22.2. The second-order valence-electron chi connectivity index (χ2n) is 7.86. The van der Waals surface area contributed by atoms with Crippen LogP contribution < -0.4 is 0 Å². The van der Waals surface area contributed by atoms with Crippen molar-refractivity contribution < 1.29 is 4.79 Å². The smallest absolute Gasteiger partial charge is 0.242 e. The molecule has 3 heterocycles. The summed E-state index contributed by atoms with van der Waals surface area (Å²) < 4.78 is 2.02. The standard InChI is InChI=1S/C18H28N4O/c1-4-16-19-8-9-21(16)12-17(23)22-11-13-10-18(2)14(20(13)3)6-5-7-15(18)22/h8-9,13-15H,4-7,10-12H2,1-3H3/t13-,14-,15+,18-/m0/s1. The van der Waals surface area contributed by atoms with E-state index >= 15 is 0 Å². The quantitative estimate of drug-likeness (QED) is 0.855. The molecule has 0 N–H and O–H groups in total. The first-order valence-electron chi connectivity index (χ1n) is 9.06. The lowest BCUT2D eigenvalue weighted by Gasteiger charge is -2.50. The molecule has 5 heteroatoms. The summed E-state index contributed by atoms with van der Waals surface area (Å²) in [5, 5.41) is 0. The van der Waals surface area contributed by atoms with Crippen molar-refractivity contribution in [1.29, 1.82) is 0 Å². The molecule has 1 aliphatic carbocycles. The summed E-state index contributed by atoms with van der Waals surface area (Å²) in [5.41, 5.74) is 0.286. The minimum Gasteiger partial charge on any atom is -0.336 e. The van der Waals surface area contributed by atoms with Gasteiger partial charge in [0.05, 0.1) is 0 Å². The number of hydrogen-bond acceptors (Lipinski definition) is 3. The molecule has 0 aromatic carbocycles. The number of imidazole rings is 1. The highest BCUT2D eigenvalue weighted by Gasteiger charge is 2.59. The van der Waals surface area contributed by atoms with Crippen molar-refractivity contribution in [3.05, 3.63) is 18.2 Å². The first kappa shape index (κ1) is 15.2. The Kier molecular flexibility index (Phi) is 3.52. The van der Waals surface area contributed by atoms with Crippen LogP contribution in [0.4, 0.5) is 0 Å². The predicted molar refractivity (Wildman–Crippen MR) is 89.0 cm³/mol. The van der Waals surface area contributed by atoms with Gasteiger partial charge in [-0.05, 0) is 32.7 Å². The lowest BCUT2D eigenvalue weighted by atomic mass is 9.66.